The Labute approximate surface area is 184 Å². The number of nitrogens with one attached hydrogen (secondary N) is 1. The van der Waals surface area contributed by atoms with E-state index in [1.54, 1.807) is 20.8 Å². The number of hydrogen-bond acceptors (Lipinski definition) is 5. The van der Waals surface area contributed by atoms with Crippen LogP contribution >= 0.6 is 0 Å². The van der Waals surface area contributed by atoms with Crippen LogP contribution in [0.3, 0.4) is 0 Å². The Morgan fingerprint density at radius 3 is 2.42 bits per heavy atom. The number of carbonyl (C=O) groups is 3. The lowest BCUT2D eigenvalue weighted by Gasteiger charge is -2.35. The molecular formula is C24H34N2O5. The lowest BCUT2D eigenvalue weighted by atomic mass is 9.78. The van der Waals surface area contributed by atoms with Crippen molar-refractivity contribution in [2.24, 2.45) is 11.8 Å². The number of nitrogens with zero attached hydrogens (tertiary/aromatic N) is 1. The van der Waals surface area contributed by atoms with Crippen molar-refractivity contribution in [3.8, 4) is 0 Å². The van der Waals surface area contributed by atoms with Crippen molar-refractivity contribution in [1.82, 2.24) is 10.2 Å². The number of hydrogen-bond donors (Lipinski definition) is 1. The Morgan fingerprint density at radius 2 is 1.81 bits per heavy atom. The molecule has 1 aromatic rings. The van der Waals surface area contributed by atoms with Crippen LogP contribution in [0.15, 0.2) is 30.3 Å². The third kappa shape index (κ3) is 6.21. The number of imide groups is 1. The molecule has 3 amide bonds. The van der Waals surface area contributed by atoms with E-state index >= 15 is 0 Å². The summed E-state index contributed by atoms with van der Waals surface area (Å²) in [6.07, 6.45) is 2.84. The maximum atomic E-state index is 13.6. The van der Waals surface area contributed by atoms with Gasteiger partial charge in [-0.2, -0.15) is 0 Å². The van der Waals surface area contributed by atoms with E-state index in [4.69, 9.17) is 9.47 Å². The van der Waals surface area contributed by atoms with Crippen LogP contribution < -0.4 is 5.32 Å². The molecule has 0 aromatic heterocycles. The quantitative estimate of drug-likeness (QED) is 0.753. The Morgan fingerprint density at radius 1 is 1.16 bits per heavy atom. The molecule has 1 aromatic carbocycles. The predicted octanol–water partition coefficient (Wildman–Crippen LogP) is 4.30. The van der Waals surface area contributed by atoms with Crippen molar-refractivity contribution in [3.63, 3.8) is 0 Å². The zero-order valence-corrected chi connectivity index (χ0v) is 18.9. The first kappa shape index (κ1) is 23.1. The van der Waals surface area contributed by atoms with Crippen LogP contribution in [0.1, 0.15) is 58.9 Å². The molecule has 1 aliphatic carbocycles. The highest BCUT2D eigenvalue weighted by atomic mass is 16.6. The summed E-state index contributed by atoms with van der Waals surface area (Å²) < 4.78 is 10.6. The van der Waals surface area contributed by atoms with E-state index < -0.39 is 35.8 Å². The van der Waals surface area contributed by atoms with Gasteiger partial charge in [0, 0.05) is 0 Å². The summed E-state index contributed by atoms with van der Waals surface area (Å²) in [5.41, 5.74) is 0.341. The van der Waals surface area contributed by atoms with Crippen molar-refractivity contribution < 1.29 is 23.9 Å². The number of alkyl carbamates (subject to hydrolysis) is 1. The van der Waals surface area contributed by atoms with E-state index in [1.807, 2.05) is 30.3 Å². The average molecular weight is 431 g/mol. The summed E-state index contributed by atoms with van der Waals surface area (Å²) >= 11 is 0. The predicted molar refractivity (Wildman–Crippen MR) is 116 cm³/mol. The van der Waals surface area contributed by atoms with Gasteiger partial charge in [-0.25, -0.2) is 14.5 Å². The number of ether oxygens (including phenoxy) is 2. The minimum atomic E-state index is -0.814. The highest BCUT2D eigenvalue weighted by molar-refractivity contribution is 5.98. The summed E-state index contributed by atoms with van der Waals surface area (Å²) in [7, 11) is 0. The number of benzene rings is 1. The molecule has 7 heteroatoms. The average Bonchev–Trinajstić information content (AvgIpc) is 3.06. The summed E-state index contributed by atoms with van der Waals surface area (Å²) in [5, 5.41) is 2.78. The van der Waals surface area contributed by atoms with Gasteiger partial charge in [-0.1, -0.05) is 50.1 Å². The lowest BCUT2D eigenvalue weighted by Crippen LogP contribution is -2.56. The molecule has 1 saturated heterocycles. The van der Waals surface area contributed by atoms with Gasteiger partial charge in [-0.15, -0.1) is 0 Å². The fourth-order valence-corrected chi connectivity index (χ4v) is 4.35. The number of amides is 3. The largest absolute Gasteiger partial charge is 0.447 e. The molecule has 2 aliphatic rings. The second-order valence-electron chi connectivity index (χ2n) is 9.77. The highest BCUT2D eigenvalue weighted by Crippen LogP contribution is 2.32. The van der Waals surface area contributed by atoms with Gasteiger partial charge in [0.05, 0.1) is 6.04 Å². The van der Waals surface area contributed by atoms with E-state index in [-0.39, 0.29) is 12.5 Å². The van der Waals surface area contributed by atoms with Gasteiger partial charge in [0.2, 0.25) is 0 Å². The molecular weight excluding hydrogens is 396 g/mol. The maximum Gasteiger partial charge on any atom is 0.417 e. The van der Waals surface area contributed by atoms with Gasteiger partial charge in [0.1, 0.15) is 18.2 Å². The molecule has 31 heavy (non-hydrogen) atoms. The Hall–Kier alpha value is -2.57. The fraction of sp³-hybridized carbons (Fsp3) is 0.625. The van der Waals surface area contributed by atoms with Crippen molar-refractivity contribution in [2.45, 2.75) is 77.5 Å². The number of rotatable bonds is 5. The van der Waals surface area contributed by atoms with Crippen LogP contribution in [0.5, 0.6) is 0 Å². The summed E-state index contributed by atoms with van der Waals surface area (Å²) in [4.78, 5) is 39.8. The molecule has 2 atom stereocenters. The maximum absolute atomic E-state index is 13.6. The monoisotopic (exact) mass is 430 g/mol. The summed E-state index contributed by atoms with van der Waals surface area (Å²) in [6.45, 7) is 7.68. The van der Waals surface area contributed by atoms with Gasteiger partial charge >= 0.3 is 12.2 Å². The van der Waals surface area contributed by atoms with Crippen LogP contribution in [0.2, 0.25) is 0 Å². The second-order valence-corrected chi connectivity index (χ2v) is 9.77. The fourth-order valence-electron chi connectivity index (χ4n) is 4.35. The lowest BCUT2D eigenvalue weighted by molar-refractivity contribution is -0.133. The molecule has 1 unspecified atom stereocenters. The van der Waals surface area contributed by atoms with E-state index in [1.165, 1.54) is 4.90 Å². The van der Waals surface area contributed by atoms with Crippen LogP contribution in [-0.2, 0) is 20.7 Å². The Balaban J connectivity index is 1.79. The van der Waals surface area contributed by atoms with Crippen LogP contribution in [0.25, 0.3) is 0 Å². The third-order valence-corrected chi connectivity index (χ3v) is 5.98. The van der Waals surface area contributed by atoms with E-state index in [9.17, 15) is 14.4 Å². The van der Waals surface area contributed by atoms with E-state index in [0.29, 0.717) is 12.3 Å². The van der Waals surface area contributed by atoms with Crippen LogP contribution in [0.4, 0.5) is 9.59 Å². The van der Waals surface area contributed by atoms with Crippen molar-refractivity contribution >= 4 is 18.1 Å². The molecule has 1 saturated carbocycles. The van der Waals surface area contributed by atoms with Crippen molar-refractivity contribution in [3.05, 3.63) is 35.9 Å². The first-order valence-electron chi connectivity index (χ1n) is 11.2. The molecule has 7 nitrogen and oxygen atoms in total. The molecule has 0 spiro atoms. The Bertz CT molecular complexity index is 781. The first-order chi connectivity index (χ1) is 14.6. The molecule has 0 radical (unpaired) electrons. The third-order valence-electron chi connectivity index (χ3n) is 5.98. The molecule has 1 aliphatic heterocycles. The molecule has 2 fully saturated rings. The minimum absolute atomic E-state index is 0.0398. The smallest absolute Gasteiger partial charge is 0.417 e. The second kappa shape index (κ2) is 9.71. The zero-order chi connectivity index (χ0) is 22.6. The standard InChI is InChI=1S/C24H34N2O5/c1-16-10-12-18(13-11-16)20(25-22(28)31-24(2,3)4)21(27)26-19(15-30-23(26)29)14-17-8-6-5-7-9-17/h5-9,16,18-20H,10-15H2,1-4H3,(H,25,28)/t16-,18-,19-,20?/m0/s1. The van der Waals surface area contributed by atoms with E-state index in [0.717, 1.165) is 31.2 Å². The molecule has 0 bridgehead atoms. The van der Waals surface area contributed by atoms with Gasteiger partial charge in [0.15, 0.2) is 0 Å². The zero-order valence-electron chi connectivity index (χ0n) is 18.9. The van der Waals surface area contributed by atoms with Crippen LogP contribution in [0, 0.1) is 11.8 Å². The molecule has 3 rings (SSSR count). The van der Waals surface area contributed by atoms with Gasteiger partial charge in [-0.05, 0) is 57.4 Å². The molecule has 1 N–H and O–H groups in total. The minimum Gasteiger partial charge on any atom is -0.447 e. The number of cyclic esters (lactones) is 1. The Kier molecular flexibility index (Phi) is 7.23. The molecule has 170 valence electrons. The van der Waals surface area contributed by atoms with Crippen molar-refractivity contribution in [2.75, 3.05) is 6.61 Å². The van der Waals surface area contributed by atoms with E-state index in [2.05, 4.69) is 12.2 Å². The first-order valence-corrected chi connectivity index (χ1v) is 11.2. The summed E-state index contributed by atoms with van der Waals surface area (Å²) in [5.74, 6) is 0.145. The summed E-state index contributed by atoms with van der Waals surface area (Å²) in [6, 6.07) is 8.49. The van der Waals surface area contributed by atoms with Gasteiger partial charge in [0.25, 0.3) is 5.91 Å². The van der Waals surface area contributed by atoms with Crippen molar-refractivity contribution in [1.29, 1.82) is 0 Å². The highest BCUT2D eigenvalue weighted by Gasteiger charge is 2.44. The van der Waals surface area contributed by atoms with Gasteiger partial charge in [-0.3, -0.25) is 4.79 Å². The SMILES string of the molecule is CC(C)(C)OC(=O)NC(C(=O)N1C(=O)OC[C@@H]1Cc1ccccc1)[C@H]1CC[C@H](C)CC1. The molecule has 1 heterocycles. The van der Waals surface area contributed by atoms with Crippen LogP contribution in [-0.4, -0.2) is 47.3 Å². The topological polar surface area (TPSA) is 84.9 Å². The normalized spacial score (nSPS) is 25.0. The van der Waals surface area contributed by atoms with Gasteiger partial charge < -0.3 is 14.8 Å². The number of carbonyl (C=O) groups excluding carboxylic acids is 3.